The van der Waals surface area contributed by atoms with Crippen LogP contribution in [0.5, 0.6) is 11.5 Å². The molecule has 2 aromatic carbocycles. The third kappa shape index (κ3) is 4.73. The highest BCUT2D eigenvalue weighted by Gasteiger charge is 2.27. The van der Waals surface area contributed by atoms with Crippen molar-refractivity contribution in [1.29, 1.82) is 0 Å². The lowest BCUT2D eigenvalue weighted by Crippen LogP contribution is -2.02. The van der Waals surface area contributed by atoms with Crippen LogP contribution in [0, 0.1) is 23.0 Å². The number of carbonyl (C=O) groups is 1. The SMILES string of the molecule is COc1ccc(/C=C/C(=O)C2CC2)cc1COc1ccc(C)cc1[N+](=O)[O-]. The van der Waals surface area contributed by atoms with Crippen LogP contribution in [0.4, 0.5) is 5.69 Å². The summed E-state index contributed by atoms with van der Waals surface area (Å²) in [7, 11) is 1.55. The van der Waals surface area contributed by atoms with Gasteiger partial charge in [0.25, 0.3) is 0 Å². The first kappa shape index (κ1) is 18.6. The molecule has 0 unspecified atom stereocenters. The number of carbonyl (C=O) groups excluding carboxylic acids is 1. The Labute approximate surface area is 157 Å². The van der Waals surface area contributed by atoms with Gasteiger partial charge in [0.05, 0.1) is 12.0 Å². The molecule has 0 saturated heterocycles. The minimum atomic E-state index is -0.456. The van der Waals surface area contributed by atoms with Gasteiger partial charge in [-0.2, -0.15) is 0 Å². The van der Waals surface area contributed by atoms with Crippen LogP contribution in [-0.4, -0.2) is 17.8 Å². The Kier molecular flexibility index (Phi) is 5.54. The third-order valence-electron chi connectivity index (χ3n) is 4.42. The van der Waals surface area contributed by atoms with Crippen molar-refractivity contribution in [2.24, 2.45) is 5.92 Å². The van der Waals surface area contributed by atoms with E-state index in [1.807, 2.05) is 12.1 Å². The number of nitro groups is 1. The van der Waals surface area contributed by atoms with Crippen molar-refractivity contribution in [3.05, 3.63) is 69.3 Å². The van der Waals surface area contributed by atoms with E-state index in [1.54, 1.807) is 44.4 Å². The lowest BCUT2D eigenvalue weighted by Gasteiger charge is -2.11. The number of ether oxygens (including phenoxy) is 2. The second kappa shape index (κ2) is 8.03. The van der Waals surface area contributed by atoms with Crippen molar-refractivity contribution in [3.63, 3.8) is 0 Å². The number of nitro benzene ring substituents is 1. The normalized spacial score (nSPS) is 13.6. The van der Waals surface area contributed by atoms with Crippen molar-refractivity contribution in [3.8, 4) is 11.5 Å². The molecule has 0 aliphatic heterocycles. The molecular formula is C21H21NO5. The van der Waals surface area contributed by atoms with Gasteiger partial charge in [-0.1, -0.05) is 18.2 Å². The number of hydrogen-bond acceptors (Lipinski definition) is 5. The van der Waals surface area contributed by atoms with Gasteiger partial charge >= 0.3 is 5.69 Å². The Balaban J connectivity index is 1.78. The van der Waals surface area contributed by atoms with E-state index in [2.05, 4.69) is 0 Å². The van der Waals surface area contributed by atoms with E-state index in [9.17, 15) is 14.9 Å². The smallest absolute Gasteiger partial charge is 0.311 e. The Morgan fingerprint density at radius 3 is 2.63 bits per heavy atom. The van der Waals surface area contributed by atoms with Gasteiger partial charge in [-0.05, 0) is 55.2 Å². The fourth-order valence-corrected chi connectivity index (χ4v) is 2.74. The van der Waals surface area contributed by atoms with Crippen molar-refractivity contribution in [2.45, 2.75) is 26.4 Å². The van der Waals surface area contributed by atoms with Crippen LogP contribution in [0.2, 0.25) is 0 Å². The molecule has 6 heteroatoms. The summed E-state index contributed by atoms with van der Waals surface area (Å²) < 4.78 is 11.1. The first-order chi connectivity index (χ1) is 13.0. The first-order valence-electron chi connectivity index (χ1n) is 8.74. The number of benzene rings is 2. The molecule has 1 aliphatic rings. The van der Waals surface area contributed by atoms with Gasteiger partial charge in [0.2, 0.25) is 0 Å². The highest BCUT2D eigenvalue weighted by atomic mass is 16.6. The Morgan fingerprint density at radius 2 is 1.96 bits per heavy atom. The van der Waals surface area contributed by atoms with E-state index in [0.29, 0.717) is 5.75 Å². The number of methoxy groups -OCH3 is 1. The zero-order valence-electron chi connectivity index (χ0n) is 15.3. The number of rotatable bonds is 8. The standard InChI is InChI=1S/C21H21NO5/c1-14-3-9-21(18(11-14)22(24)25)27-13-17-12-15(5-10-20(17)26-2)4-8-19(23)16-6-7-16/h3-5,8-12,16H,6-7,13H2,1-2H3/b8-4+. The van der Waals surface area contributed by atoms with Gasteiger partial charge in [0.15, 0.2) is 11.5 Å². The molecule has 2 aromatic rings. The molecule has 0 atom stereocenters. The molecule has 0 bridgehead atoms. The van der Waals surface area contributed by atoms with Crippen molar-refractivity contribution < 1.29 is 19.2 Å². The maximum Gasteiger partial charge on any atom is 0.311 e. The van der Waals surface area contributed by atoms with Gasteiger partial charge < -0.3 is 9.47 Å². The second-order valence-electron chi connectivity index (χ2n) is 6.60. The van der Waals surface area contributed by atoms with Gasteiger partial charge in [-0.25, -0.2) is 0 Å². The summed E-state index contributed by atoms with van der Waals surface area (Å²) in [6, 6.07) is 10.3. The molecule has 0 spiro atoms. The maximum atomic E-state index is 11.8. The van der Waals surface area contributed by atoms with Crippen LogP contribution >= 0.6 is 0 Å². The molecule has 1 aliphatic carbocycles. The largest absolute Gasteiger partial charge is 0.496 e. The summed E-state index contributed by atoms with van der Waals surface area (Å²) in [6.07, 6.45) is 5.33. The van der Waals surface area contributed by atoms with Crippen LogP contribution < -0.4 is 9.47 Å². The number of aryl methyl sites for hydroxylation is 1. The van der Waals surface area contributed by atoms with Crippen LogP contribution in [0.15, 0.2) is 42.5 Å². The highest BCUT2D eigenvalue weighted by molar-refractivity contribution is 5.96. The van der Waals surface area contributed by atoms with Crippen molar-refractivity contribution in [1.82, 2.24) is 0 Å². The Morgan fingerprint density at radius 1 is 1.22 bits per heavy atom. The maximum absolute atomic E-state index is 11.8. The fraction of sp³-hybridized carbons (Fsp3) is 0.286. The average Bonchev–Trinajstić information content (AvgIpc) is 3.50. The lowest BCUT2D eigenvalue weighted by molar-refractivity contribution is -0.386. The molecule has 0 heterocycles. The predicted molar refractivity (Wildman–Crippen MR) is 102 cm³/mol. The average molecular weight is 367 g/mol. The van der Waals surface area contributed by atoms with Gasteiger partial charge in [0, 0.05) is 17.5 Å². The summed E-state index contributed by atoms with van der Waals surface area (Å²) in [6.45, 7) is 1.91. The van der Waals surface area contributed by atoms with E-state index in [-0.39, 0.29) is 29.7 Å². The highest BCUT2D eigenvalue weighted by Crippen LogP contribution is 2.31. The molecule has 1 fully saturated rings. The number of hydrogen-bond donors (Lipinski definition) is 0. The van der Waals surface area contributed by atoms with Gasteiger partial charge in [-0.15, -0.1) is 0 Å². The monoisotopic (exact) mass is 367 g/mol. The number of allylic oxidation sites excluding steroid dienone is 1. The van der Waals surface area contributed by atoms with Crippen LogP contribution in [0.25, 0.3) is 6.08 Å². The van der Waals surface area contributed by atoms with E-state index in [0.717, 1.165) is 29.5 Å². The molecule has 6 nitrogen and oxygen atoms in total. The summed E-state index contributed by atoms with van der Waals surface area (Å²) >= 11 is 0. The first-order valence-corrected chi connectivity index (χ1v) is 8.74. The number of nitrogens with zero attached hydrogens (tertiary/aromatic N) is 1. The van der Waals surface area contributed by atoms with Crippen molar-refractivity contribution in [2.75, 3.05) is 7.11 Å². The predicted octanol–water partition coefficient (Wildman–Crippen LogP) is 4.48. The summed E-state index contributed by atoms with van der Waals surface area (Å²) in [5, 5.41) is 11.2. The molecule has 0 aromatic heterocycles. The third-order valence-corrected chi connectivity index (χ3v) is 4.42. The van der Waals surface area contributed by atoms with Gasteiger partial charge in [-0.3, -0.25) is 14.9 Å². The zero-order chi connectivity index (χ0) is 19.4. The zero-order valence-corrected chi connectivity index (χ0v) is 15.3. The topological polar surface area (TPSA) is 78.7 Å². The molecule has 0 N–H and O–H groups in total. The lowest BCUT2D eigenvalue weighted by atomic mass is 10.1. The summed E-state index contributed by atoms with van der Waals surface area (Å²) in [5.74, 6) is 1.16. The minimum Gasteiger partial charge on any atom is -0.496 e. The minimum absolute atomic E-state index is 0.0694. The molecule has 1 saturated carbocycles. The Bertz CT molecular complexity index is 899. The van der Waals surface area contributed by atoms with Crippen LogP contribution in [0.1, 0.15) is 29.5 Å². The summed E-state index contributed by atoms with van der Waals surface area (Å²) in [5.41, 5.74) is 2.31. The van der Waals surface area contributed by atoms with E-state index < -0.39 is 4.92 Å². The van der Waals surface area contributed by atoms with E-state index in [4.69, 9.17) is 9.47 Å². The summed E-state index contributed by atoms with van der Waals surface area (Å²) in [4.78, 5) is 22.6. The van der Waals surface area contributed by atoms with E-state index in [1.165, 1.54) is 6.07 Å². The van der Waals surface area contributed by atoms with Gasteiger partial charge in [0.1, 0.15) is 12.4 Å². The molecule has 3 rings (SSSR count). The molecule has 140 valence electrons. The molecule has 27 heavy (non-hydrogen) atoms. The second-order valence-corrected chi connectivity index (χ2v) is 6.60. The molecule has 0 radical (unpaired) electrons. The Hall–Kier alpha value is -3.15. The fourth-order valence-electron chi connectivity index (χ4n) is 2.74. The molecular weight excluding hydrogens is 346 g/mol. The van der Waals surface area contributed by atoms with Crippen LogP contribution in [0.3, 0.4) is 0 Å². The van der Waals surface area contributed by atoms with E-state index >= 15 is 0 Å². The van der Waals surface area contributed by atoms with Crippen LogP contribution in [-0.2, 0) is 11.4 Å². The molecule has 0 amide bonds. The van der Waals surface area contributed by atoms with Crippen molar-refractivity contribution >= 4 is 17.5 Å². The number of ketones is 1. The quantitative estimate of drug-likeness (QED) is 0.390.